The van der Waals surface area contributed by atoms with Crippen molar-refractivity contribution >= 4 is 38.9 Å². The van der Waals surface area contributed by atoms with Crippen molar-refractivity contribution in [3.63, 3.8) is 0 Å². The van der Waals surface area contributed by atoms with Crippen LogP contribution in [0.3, 0.4) is 0 Å². The highest BCUT2D eigenvalue weighted by Crippen LogP contribution is 2.27. The van der Waals surface area contributed by atoms with E-state index in [0.717, 1.165) is 10.0 Å². The van der Waals surface area contributed by atoms with E-state index in [9.17, 15) is 0 Å². The first kappa shape index (κ1) is 10.3. The van der Waals surface area contributed by atoms with Crippen LogP contribution in [-0.4, -0.2) is 14.6 Å². The third-order valence-electron chi connectivity index (χ3n) is 2.62. The summed E-state index contributed by atoms with van der Waals surface area (Å²) in [5.74, 6) is 0.443. The van der Waals surface area contributed by atoms with E-state index in [4.69, 9.17) is 18.8 Å². The Labute approximate surface area is 125 Å². The van der Waals surface area contributed by atoms with E-state index < -0.39 is 6.50 Å². The fourth-order valence-corrected chi connectivity index (χ4v) is 2.28. The number of rotatable bonds is 3. The Bertz CT molecular complexity index is 803. The first-order valence-corrected chi connectivity index (χ1v) is 6.59. The van der Waals surface area contributed by atoms with Gasteiger partial charge in [-0.25, -0.2) is 4.52 Å². The maximum absolute atomic E-state index is 8.08. The van der Waals surface area contributed by atoms with E-state index in [1.54, 1.807) is 22.8 Å². The highest BCUT2D eigenvalue weighted by molar-refractivity contribution is 9.10. The average Bonchev–Trinajstić information content (AvgIpc) is 2.99. The summed E-state index contributed by atoms with van der Waals surface area (Å²) in [5, 5.41) is 6.80. The number of aromatic nitrogens is 3. The van der Waals surface area contributed by atoms with Crippen LogP contribution in [0.25, 0.3) is 5.52 Å². The van der Waals surface area contributed by atoms with Crippen LogP contribution in [0.1, 0.15) is 14.1 Å². The molecule has 98 valence electrons. The zero-order valence-corrected chi connectivity index (χ0v) is 12.2. The molecular weight excluding hydrogens is 332 g/mol. The normalized spacial score (nSPS) is 13.4. The standard InChI is InChI=1S/C12H10BrClN4O/c1-7-9(13)6-18-10(7)11(16-12(14)17-18)15-5-8-3-2-4-19-8/h2-4,6H,5H2,1H3,(H,15,16,17)/i5D2. The predicted molar refractivity (Wildman–Crippen MR) is 76.5 cm³/mol. The molecule has 0 aliphatic rings. The predicted octanol–water partition coefficient (Wildman–Crippen LogP) is 3.66. The smallest absolute Gasteiger partial charge is 0.243 e. The van der Waals surface area contributed by atoms with Crippen molar-refractivity contribution in [2.45, 2.75) is 13.4 Å². The van der Waals surface area contributed by atoms with Crippen LogP contribution in [0, 0.1) is 6.92 Å². The lowest BCUT2D eigenvalue weighted by atomic mass is 10.3. The number of hydrogen-bond acceptors (Lipinski definition) is 4. The molecule has 3 aromatic rings. The molecule has 3 aromatic heterocycles. The summed E-state index contributed by atoms with van der Waals surface area (Å²) in [6.07, 6.45) is 3.16. The van der Waals surface area contributed by atoms with Crippen LogP contribution in [0.4, 0.5) is 5.82 Å². The monoisotopic (exact) mass is 342 g/mol. The maximum Gasteiger partial charge on any atom is 0.243 e. The topological polar surface area (TPSA) is 55.4 Å². The van der Waals surface area contributed by atoms with Gasteiger partial charge in [-0.1, -0.05) is 0 Å². The van der Waals surface area contributed by atoms with Gasteiger partial charge < -0.3 is 9.73 Å². The summed E-state index contributed by atoms with van der Waals surface area (Å²) < 4.78 is 23.7. The fraction of sp³-hybridized carbons (Fsp3) is 0.167. The molecule has 19 heavy (non-hydrogen) atoms. The first-order chi connectivity index (χ1) is 9.88. The van der Waals surface area contributed by atoms with E-state index >= 15 is 0 Å². The average molecular weight is 344 g/mol. The van der Waals surface area contributed by atoms with Gasteiger partial charge in [-0.05, 0) is 52.2 Å². The number of halogens is 2. The van der Waals surface area contributed by atoms with Gasteiger partial charge in [0.1, 0.15) is 11.3 Å². The number of anilines is 1. The van der Waals surface area contributed by atoms with Crippen LogP contribution < -0.4 is 5.32 Å². The Morgan fingerprint density at radius 3 is 3.21 bits per heavy atom. The van der Waals surface area contributed by atoms with Gasteiger partial charge in [-0.15, -0.1) is 5.10 Å². The van der Waals surface area contributed by atoms with Crippen molar-refractivity contribution in [3.8, 4) is 0 Å². The molecule has 0 saturated heterocycles. The van der Waals surface area contributed by atoms with Gasteiger partial charge in [0.15, 0.2) is 5.82 Å². The summed E-state index contributed by atoms with van der Waals surface area (Å²) in [7, 11) is 0. The third-order valence-corrected chi connectivity index (χ3v) is 3.58. The van der Waals surface area contributed by atoms with E-state index in [1.807, 2.05) is 6.92 Å². The zero-order valence-electron chi connectivity index (χ0n) is 11.8. The number of nitrogens with zero attached hydrogens (tertiary/aromatic N) is 3. The summed E-state index contributed by atoms with van der Waals surface area (Å²) in [6, 6.07) is 3.17. The summed E-state index contributed by atoms with van der Waals surface area (Å²) in [5.41, 5.74) is 1.52. The second-order valence-corrected chi connectivity index (χ2v) is 5.04. The minimum absolute atomic E-state index is 0.0164. The molecule has 0 spiro atoms. The minimum Gasteiger partial charge on any atom is -0.467 e. The second kappa shape index (κ2) is 4.86. The number of aryl methyl sites for hydroxylation is 1. The van der Waals surface area contributed by atoms with Crippen LogP contribution >= 0.6 is 27.5 Å². The summed E-state index contributed by atoms with van der Waals surface area (Å²) in [4.78, 5) is 4.09. The van der Waals surface area contributed by atoms with E-state index in [-0.39, 0.29) is 11.0 Å². The molecule has 0 fully saturated rings. The highest BCUT2D eigenvalue weighted by Gasteiger charge is 2.13. The molecule has 0 unspecified atom stereocenters. The van der Waals surface area contributed by atoms with E-state index in [1.165, 1.54) is 6.26 Å². The van der Waals surface area contributed by atoms with Crippen molar-refractivity contribution in [1.82, 2.24) is 14.6 Å². The van der Waals surface area contributed by atoms with Crippen molar-refractivity contribution in [2.24, 2.45) is 0 Å². The van der Waals surface area contributed by atoms with Crippen LogP contribution in [0.2, 0.25) is 5.28 Å². The SMILES string of the molecule is [2H]C([2H])(Nc1nc(Cl)nn2cc(Br)c(C)c12)c1ccco1. The van der Waals surface area contributed by atoms with Gasteiger partial charge >= 0.3 is 0 Å². The first-order valence-electron chi connectivity index (χ1n) is 6.41. The van der Waals surface area contributed by atoms with Crippen molar-refractivity contribution in [2.75, 3.05) is 5.32 Å². The van der Waals surface area contributed by atoms with Gasteiger partial charge in [0.05, 0.1) is 15.5 Å². The number of hydrogen-bond donors (Lipinski definition) is 1. The molecule has 0 amide bonds. The Morgan fingerprint density at radius 1 is 1.63 bits per heavy atom. The van der Waals surface area contributed by atoms with Gasteiger partial charge in [0.2, 0.25) is 5.28 Å². The molecule has 0 aromatic carbocycles. The van der Waals surface area contributed by atoms with Crippen molar-refractivity contribution in [1.29, 1.82) is 0 Å². The van der Waals surface area contributed by atoms with Crippen LogP contribution in [0.5, 0.6) is 0 Å². The van der Waals surface area contributed by atoms with Gasteiger partial charge in [0.25, 0.3) is 0 Å². The zero-order chi connectivity index (χ0) is 15.2. The van der Waals surface area contributed by atoms with Gasteiger partial charge in [-0.2, -0.15) is 4.98 Å². The van der Waals surface area contributed by atoms with Gasteiger partial charge in [0, 0.05) is 10.7 Å². The minimum atomic E-state index is -1.93. The molecule has 3 heterocycles. The molecule has 0 aliphatic carbocycles. The molecule has 3 rings (SSSR count). The molecular formula is C12H10BrClN4O. The number of fused-ring (bicyclic) bond motifs is 1. The molecule has 5 nitrogen and oxygen atoms in total. The molecule has 0 bridgehead atoms. The highest BCUT2D eigenvalue weighted by atomic mass is 79.9. The molecule has 0 atom stereocenters. The number of nitrogens with one attached hydrogen (secondary N) is 1. The summed E-state index contributed by atoms with van der Waals surface area (Å²) >= 11 is 9.31. The largest absolute Gasteiger partial charge is 0.467 e. The fourth-order valence-electron chi connectivity index (χ4n) is 1.73. The lowest BCUT2D eigenvalue weighted by molar-refractivity contribution is 0.518. The lowest BCUT2D eigenvalue weighted by Gasteiger charge is -2.07. The van der Waals surface area contributed by atoms with E-state index in [0.29, 0.717) is 11.3 Å². The second-order valence-electron chi connectivity index (χ2n) is 3.85. The van der Waals surface area contributed by atoms with E-state index in [2.05, 4.69) is 31.3 Å². The molecule has 0 aliphatic heterocycles. The molecule has 1 N–H and O–H groups in total. The molecule has 0 radical (unpaired) electrons. The van der Waals surface area contributed by atoms with Crippen molar-refractivity contribution in [3.05, 3.63) is 45.7 Å². The van der Waals surface area contributed by atoms with Crippen LogP contribution in [-0.2, 0) is 6.50 Å². The molecule has 0 saturated carbocycles. The Kier molecular flexibility index (Phi) is 2.63. The Balaban J connectivity index is 2.12. The Hall–Kier alpha value is -1.53. The molecule has 7 heteroatoms. The van der Waals surface area contributed by atoms with Crippen molar-refractivity contribution < 1.29 is 7.16 Å². The van der Waals surface area contributed by atoms with Gasteiger partial charge in [-0.3, -0.25) is 0 Å². The Morgan fingerprint density at radius 2 is 2.47 bits per heavy atom. The summed E-state index contributed by atoms with van der Waals surface area (Å²) in [6.45, 7) is -0.0464. The quantitative estimate of drug-likeness (QED) is 0.788. The third kappa shape index (κ3) is 2.33. The van der Waals surface area contributed by atoms with Crippen LogP contribution in [0.15, 0.2) is 33.5 Å². The lowest BCUT2D eigenvalue weighted by Crippen LogP contribution is -2.05. The number of furan rings is 1. The maximum atomic E-state index is 8.08.